The first-order valence-corrected chi connectivity index (χ1v) is 10.3. The monoisotopic (exact) mass is 443 g/mol. The number of aliphatic hydroxyl groups excluding tert-OH is 1. The maximum atomic E-state index is 12.8. The summed E-state index contributed by atoms with van der Waals surface area (Å²) >= 11 is 0. The summed E-state index contributed by atoms with van der Waals surface area (Å²) in [5.74, 6) is -4.39. The van der Waals surface area contributed by atoms with Crippen LogP contribution in [0.25, 0.3) is 0 Å². The summed E-state index contributed by atoms with van der Waals surface area (Å²) in [7, 11) is 0. The average Bonchev–Trinajstić information content (AvgIpc) is 3.20. The fourth-order valence-electron chi connectivity index (χ4n) is 3.15. The predicted octanol–water partition coefficient (Wildman–Crippen LogP) is -2.42. The molecule has 1 fully saturated rings. The van der Waals surface area contributed by atoms with Gasteiger partial charge >= 0.3 is 5.97 Å². The Bertz CT molecular complexity index is 677. The number of aliphatic carboxylic acids is 1. The van der Waals surface area contributed by atoms with Gasteiger partial charge in [-0.1, -0.05) is 13.8 Å². The van der Waals surface area contributed by atoms with Crippen LogP contribution in [-0.2, 0) is 24.0 Å². The summed E-state index contributed by atoms with van der Waals surface area (Å²) in [6, 6.07) is -4.25. The van der Waals surface area contributed by atoms with Crippen molar-refractivity contribution in [3.63, 3.8) is 0 Å². The normalized spacial score (nSPS) is 19.7. The van der Waals surface area contributed by atoms with Crippen molar-refractivity contribution in [3.05, 3.63) is 0 Å². The number of nitrogens with two attached hydrogens (primary N) is 1. The van der Waals surface area contributed by atoms with Crippen molar-refractivity contribution in [2.45, 2.75) is 76.7 Å². The van der Waals surface area contributed by atoms with Gasteiger partial charge < -0.3 is 37.2 Å². The Morgan fingerprint density at radius 1 is 1.03 bits per heavy atom. The zero-order valence-electron chi connectivity index (χ0n) is 18.0. The standard InChI is InChI=1S/C19H33N5O7/c1-9(2)14(23-16(27)11-5-4-8-21-11)17(28)24-15(10(3)25)18(29)22-12(19(30)31)6-7-13(20)26/h9-12,14-15,21,25H,4-8H2,1-3H3,(H2,20,26)(H,22,29)(H,23,27)(H,24,28)(H,30,31). The van der Waals surface area contributed by atoms with E-state index in [9.17, 15) is 34.2 Å². The topological polar surface area (TPSA) is 200 Å². The molecule has 0 bridgehead atoms. The number of carbonyl (C=O) groups is 5. The van der Waals surface area contributed by atoms with Crippen molar-refractivity contribution in [2.24, 2.45) is 11.7 Å². The quantitative estimate of drug-likeness (QED) is 0.173. The van der Waals surface area contributed by atoms with Crippen LogP contribution in [0.5, 0.6) is 0 Å². The lowest BCUT2D eigenvalue weighted by atomic mass is 10.0. The fourth-order valence-corrected chi connectivity index (χ4v) is 3.15. The minimum atomic E-state index is -1.47. The van der Waals surface area contributed by atoms with E-state index in [0.29, 0.717) is 13.0 Å². The molecule has 4 amide bonds. The molecule has 1 rings (SSSR count). The van der Waals surface area contributed by atoms with Crippen molar-refractivity contribution in [2.75, 3.05) is 6.54 Å². The third kappa shape index (κ3) is 8.50. The minimum absolute atomic E-state index is 0.240. The summed E-state index contributed by atoms with van der Waals surface area (Å²) in [5.41, 5.74) is 5.01. The molecule has 0 aromatic carbocycles. The van der Waals surface area contributed by atoms with E-state index < -0.39 is 54.0 Å². The number of hydrogen-bond acceptors (Lipinski definition) is 7. The van der Waals surface area contributed by atoms with E-state index in [4.69, 9.17) is 5.73 Å². The Balaban J connectivity index is 2.83. The van der Waals surface area contributed by atoms with Gasteiger partial charge in [0.15, 0.2) is 0 Å². The van der Waals surface area contributed by atoms with Crippen molar-refractivity contribution in [1.29, 1.82) is 0 Å². The third-order valence-corrected chi connectivity index (χ3v) is 4.98. The van der Waals surface area contributed by atoms with E-state index in [0.717, 1.165) is 6.42 Å². The SMILES string of the molecule is CC(C)C(NC(=O)C1CCCN1)C(=O)NC(C(=O)NC(CCC(N)=O)C(=O)O)C(C)O. The number of nitrogens with one attached hydrogen (secondary N) is 4. The summed E-state index contributed by atoms with van der Waals surface area (Å²) in [6.45, 7) is 5.40. The van der Waals surface area contributed by atoms with Gasteiger partial charge in [-0.2, -0.15) is 0 Å². The number of carboxylic acid groups (broad SMARTS) is 1. The highest BCUT2D eigenvalue weighted by Gasteiger charge is 2.34. The van der Waals surface area contributed by atoms with E-state index in [1.165, 1.54) is 6.92 Å². The van der Waals surface area contributed by atoms with E-state index in [2.05, 4.69) is 21.3 Å². The van der Waals surface area contributed by atoms with E-state index in [1.54, 1.807) is 13.8 Å². The lowest BCUT2D eigenvalue weighted by molar-refractivity contribution is -0.143. The molecule has 1 aliphatic rings. The van der Waals surface area contributed by atoms with Crippen LogP contribution in [0.4, 0.5) is 0 Å². The smallest absolute Gasteiger partial charge is 0.326 e. The van der Waals surface area contributed by atoms with Gasteiger partial charge in [0.2, 0.25) is 23.6 Å². The van der Waals surface area contributed by atoms with Crippen molar-refractivity contribution in [3.8, 4) is 0 Å². The van der Waals surface area contributed by atoms with Crippen LogP contribution >= 0.6 is 0 Å². The van der Waals surface area contributed by atoms with Crippen molar-refractivity contribution < 1.29 is 34.2 Å². The fraction of sp³-hybridized carbons (Fsp3) is 0.737. The molecule has 5 atom stereocenters. The number of amides is 4. The molecule has 12 nitrogen and oxygen atoms in total. The number of aliphatic hydroxyl groups is 1. The van der Waals surface area contributed by atoms with Gasteiger partial charge in [-0.05, 0) is 38.6 Å². The third-order valence-electron chi connectivity index (χ3n) is 4.98. The van der Waals surface area contributed by atoms with Gasteiger partial charge in [0.05, 0.1) is 12.1 Å². The molecule has 0 spiro atoms. The van der Waals surface area contributed by atoms with Gasteiger partial charge in [-0.3, -0.25) is 19.2 Å². The average molecular weight is 444 g/mol. The molecular formula is C19H33N5O7. The Morgan fingerprint density at radius 3 is 2.10 bits per heavy atom. The predicted molar refractivity (Wildman–Crippen MR) is 109 cm³/mol. The molecule has 0 aromatic rings. The Labute approximate surface area is 180 Å². The molecule has 1 aliphatic heterocycles. The number of primary amides is 1. The molecule has 176 valence electrons. The number of carboxylic acids is 1. The van der Waals surface area contributed by atoms with E-state index in [-0.39, 0.29) is 24.7 Å². The number of carbonyl (C=O) groups excluding carboxylic acids is 4. The molecule has 0 aromatic heterocycles. The lowest BCUT2D eigenvalue weighted by Gasteiger charge is -2.28. The summed E-state index contributed by atoms with van der Waals surface area (Å²) in [4.78, 5) is 59.9. The second kappa shape index (κ2) is 12.2. The van der Waals surface area contributed by atoms with Crippen LogP contribution in [0.2, 0.25) is 0 Å². The maximum Gasteiger partial charge on any atom is 0.326 e. The molecule has 0 aliphatic carbocycles. The molecule has 8 N–H and O–H groups in total. The molecule has 1 heterocycles. The Hall–Kier alpha value is -2.73. The molecule has 0 saturated carbocycles. The molecule has 0 radical (unpaired) electrons. The maximum absolute atomic E-state index is 12.8. The van der Waals surface area contributed by atoms with Crippen LogP contribution in [-0.4, -0.2) is 76.6 Å². The summed E-state index contributed by atoms with van der Waals surface area (Å²) in [5, 5.41) is 29.5. The number of hydrogen-bond donors (Lipinski definition) is 7. The lowest BCUT2D eigenvalue weighted by Crippen LogP contribution is -2.60. The zero-order chi connectivity index (χ0) is 23.7. The van der Waals surface area contributed by atoms with Crippen molar-refractivity contribution in [1.82, 2.24) is 21.3 Å². The van der Waals surface area contributed by atoms with Crippen molar-refractivity contribution >= 4 is 29.6 Å². The van der Waals surface area contributed by atoms with Gasteiger partial charge in [0.1, 0.15) is 18.1 Å². The largest absolute Gasteiger partial charge is 0.480 e. The highest BCUT2D eigenvalue weighted by Crippen LogP contribution is 2.09. The zero-order valence-corrected chi connectivity index (χ0v) is 18.0. The van der Waals surface area contributed by atoms with Crippen LogP contribution in [0.15, 0.2) is 0 Å². The van der Waals surface area contributed by atoms with Gasteiger partial charge in [0.25, 0.3) is 0 Å². The molecule has 1 saturated heterocycles. The Morgan fingerprint density at radius 2 is 1.65 bits per heavy atom. The molecule has 5 unspecified atom stereocenters. The van der Waals surface area contributed by atoms with E-state index in [1.807, 2.05) is 0 Å². The molecular weight excluding hydrogens is 410 g/mol. The van der Waals surface area contributed by atoms with Crippen LogP contribution in [0.3, 0.4) is 0 Å². The van der Waals surface area contributed by atoms with Gasteiger partial charge in [-0.15, -0.1) is 0 Å². The number of rotatable bonds is 12. The molecule has 31 heavy (non-hydrogen) atoms. The van der Waals surface area contributed by atoms with Crippen LogP contribution < -0.4 is 27.0 Å². The first kappa shape index (κ1) is 26.3. The van der Waals surface area contributed by atoms with Gasteiger partial charge in [0, 0.05) is 6.42 Å². The second-order valence-electron chi connectivity index (χ2n) is 8.01. The first-order chi connectivity index (χ1) is 14.4. The molecule has 12 heteroatoms. The second-order valence-corrected chi connectivity index (χ2v) is 8.01. The highest BCUT2D eigenvalue weighted by atomic mass is 16.4. The minimum Gasteiger partial charge on any atom is -0.480 e. The van der Waals surface area contributed by atoms with Gasteiger partial charge in [-0.25, -0.2) is 4.79 Å². The highest BCUT2D eigenvalue weighted by molar-refractivity contribution is 5.94. The first-order valence-electron chi connectivity index (χ1n) is 10.3. The van der Waals surface area contributed by atoms with E-state index >= 15 is 0 Å². The summed E-state index contributed by atoms with van der Waals surface area (Å²) in [6.07, 6.45) is -0.356. The summed E-state index contributed by atoms with van der Waals surface area (Å²) < 4.78 is 0. The van der Waals surface area contributed by atoms with Crippen LogP contribution in [0, 0.1) is 5.92 Å². The van der Waals surface area contributed by atoms with Crippen LogP contribution in [0.1, 0.15) is 46.5 Å². The Kier molecular flexibility index (Phi) is 10.4.